The molecule has 0 aliphatic heterocycles. The van der Waals surface area contributed by atoms with Gasteiger partial charge in [0.15, 0.2) is 0 Å². The first-order valence-corrected chi connectivity index (χ1v) is 7.72. The molecule has 0 aliphatic carbocycles. The summed E-state index contributed by atoms with van der Waals surface area (Å²) in [5, 5.41) is 6.21. The van der Waals surface area contributed by atoms with Gasteiger partial charge >= 0.3 is 0 Å². The largest absolute Gasteiger partial charge is 0.352 e. The number of rotatable bonds is 8. The number of halogens is 1. The third-order valence-corrected chi connectivity index (χ3v) is 3.65. The van der Waals surface area contributed by atoms with E-state index in [4.69, 9.17) is 0 Å². The van der Waals surface area contributed by atoms with Crippen LogP contribution in [0.15, 0.2) is 18.2 Å². The summed E-state index contributed by atoms with van der Waals surface area (Å²) in [5.74, 6) is -0.173. The second-order valence-corrected chi connectivity index (χ2v) is 5.69. The second kappa shape index (κ2) is 8.78. The summed E-state index contributed by atoms with van der Waals surface area (Å²) in [5.41, 5.74) is 2.06. The molecule has 0 saturated carbocycles. The van der Waals surface area contributed by atoms with Crippen LogP contribution >= 0.6 is 0 Å². The minimum Gasteiger partial charge on any atom is -0.352 e. The standard InChI is InChI=1S/C17H27FN2O/c1-5-6-13(3)20-17(21)14(4)19-10-9-15-7-8-16(18)11-12(15)2/h7-8,11,13-14,19H,5-6,9-10H2,1-4H3,(H,20,21). The molecule has 1 amide bonds. The van der Waals surface area contributed by atoms with Crippen molar-refractivity contribution in [1.82, 2.24) is 10.6 Å². The summed E-state index contributed by atoms with van der Waals surface area (Å²) in [4.78, 5) is 12.0. The quantitative estimate of drug-likeness (QED) is 0.774. The van der Waals surface area contributed by atoms with Crippen LogP contribution in [0.2, 0.25) is 0 Å². The van der Waals surface area contributed by atoms with Gasteiger partial charge in [-0.15, -0.1) is 0 Å². The second-order valence-electron chi connectivity index (χ2n) is 5.69. The molecule has 0 bridgehead atoms. The zero-order valence-corrected chi connectivity index (χ0v) is 13.5. The lowest BCUT2D eigenvalue weighted by atomic mass is 10.1. The molecule has 0 aliphatic rings. The minimum atomic E-state index is -0.218. The minimum absolute atomic E-state index is 0.0341. The van der Waals surface area contributed by atoms with E-state index < -0.39 is 0 Å². The zero-order chi connectivity index (χ0) is 15.8. The molecule has 2 unspecified atom stereocenters. The Morgan fingerprint density at radius 1 is 1.33 bits per heavy atom. The third-order valence-electron chi connectivity index (χ3n) is 3.65. The van der Waals surface area contributed by atoms with Crippen molar-refractivity contribution >= 4 is 5.91 Å². The van der Waals surface area contributed by atoms with Crippen LogP contribution in [0.25, 0.3) is 0 Å². The molecule has 4 heteroatoms. The smallest absolute Gasteiger partial charge is 0.237 e. The first-order valence-electron chi connectivity index (χ1n) is 7.72. The maximum Gasteiger partial charge on any atom is 0.237 e. The molecule has 3 nitrogen and oxygen atoms in total. The maximum atomic E-state index is 13.0. The van der Waals surface area contributed by atoms with Gasteiger partial charge in [0.05, 0.1) is 6.04 Å². The normalized spacial score (nSPS) is 13.8. The Morgan fingerprint density at radius 3 is 2.67 bits per heavy atom. The summed E-state index contributed by atoms with van der Waals surface area (Å²) >= 11 is 0. The number of hydrogen-bond donors (Lipinski definition) is 2. The van der Waals surface area contributed by atoms with Gasteiger partial charge in [-0.05, 0) is 63.4 Å². The van der Waals surface area contributed by atoms with Crippen LogP contribution in [0.3, 0.4) is 0 Å². The summed E-state index contributed by atoms with van der Waals surface area (Å²) < 4.78 is 13.0. The number of hydrogen-bond acceptors (Lipinski definition) is 2. The van der Waals surface area contributed by atoms with Gasteiger partial charge in [-0.3, -0.25) is 4.79 Å². The van der Waals surface area contributed by atoms with Crippen LogP contribution in [0, 0.1) is 12.7 Å². The van der Waals surface area contributed by atoms with E-state index in [1.165, 1.54) is 12.1 Å². The molecule has 0 fully saturated rings. The third kappa shape index (κ3) is 6.25. The Bertz CT molecular complexity index is 462. The van der Waals surface area contributed by atoms with E-state index in [-0.39, 0.29) is 23.8 Å². The van der Waals surface area contributed by atoms with Crippen molar-refractivity contribution in [2.75, 3.05) is 6.54 Å². The lowest BCUT2D eigenvalue weighted by molar-refractivity contribution is -0.123. The first kappa shape index (κ1) is 17.6. The van der Waals surface area contributed by atoms with Crippen molar-refractivity contribution in [1.29, 1.82) is 0 Å². The van der Waals surface area contributed by atoms with Gasteiger partial charge in [-0.2, -0.15) is 0 Å². The predicted molar refractivity (Wildman–Crippen MR) is 84.8 cm³/mol. The van der Waals surface area contributed by atoms with Crippen LogP contribution in [0.5, 0.6) is 0 Å². The van der Waals surface area contributed by atoms with Crippen LogP contribution < -0.4 is 10.6 Å². The van der Waals surface area contributed by atoms with E-state index in [1.807, 2.05) is 20.8 Å². The topological polar surface area (TPSA) is 41.1 Å². The Balaban J connectivity index is 2.35. The lowest BCUT2D eigenvalue weighted by Gasteiger charge is -2.18. The van der Waals surface area contributed by atoms with Crippen molar-refractivity contribution in [3.05, 3.63) is 35.1 Å². The fourth-order valence-electron chi connectivity index (χ4n) is 2.33. The van der Waals surface area contributed by atoms with Crippen molar-refractivity contribution in [3.8, 4) is 0 Å². The number of carbonyl (C=O) groups is 1. The molecule has 2 atom stereocenters. The molecule has 0 saturated heterocycles. The van der Waals surface area contributed by atoms with Gasteiger partial charge in [-0.1, -0.05) is 19.4 Å². The molecular formula is C17H27FN2O. The zero-order valence-electron chi connectivity index (χ0n) is 13.5. The van der Waals surface area contributed by atoms with Gasteiger partial charge < -0.3 is 10.6 Å². The first-order chi connectivity index (χ1) is 9.93. The molecule has 1 aromatic carbocycles. The predicted octanol–water partition coefficient (Wildman–Crippen LogP) is 2.96. The van der Waals surface area contributed by atoms with Crippen molar-refractivity contribution < 1.29 is 9.18 Å². The number of amides is 1. The SMILES string of the molecule is CCCC(C)NC(=O)C(C)NCCc1ccc(F)cc1C. The Morgan fingerprint density at radius 2 is 2.05 bits per heavy atom. The van der Waals surface area contributed by atoms with E-state index >= 15 is 0 Å². The highest BCUT2D eigenvalue weighted by Crippen LogP contribution is 2.10. The summed E-state index contributed by atoms with van der Waals surface area (Å²) in [6.45, 7) is 8.60. The number of nitrogens with one attached hydrogen (secondary N) is 2. The lowest BCUT2D eigenvalue weighted by Crippen LogP contribution is -2.45. The average Bonchev–Trinajstić information content (AvgIpc) is 2.41. The van der Waals surface area contributed by atoms with E-state index in [0.29, 0.717) is 6.54 Å². The number of benzene rings is 1. The molecule has 1 aromatic rings. The Labute approximate surface area is 127 Å². The van der Waals surface area contributed by atoms with E-state index in [2.05, 4.69) is 17.6 Å². The molecule has 21 heavy (non-hydrogen) atoms. The average molecular weight is 294 g/mol. The van der Waals surface area contributed by atoms with E-state index in [9.17, 15) is 9.18 Å². The van der Waals surface area contributed by atoms with Gasteiger partial charge in [0.25, 0.3) is 0 Å². The van der Waals surface area contributed by atoms with Crippen LogP contribution in [-0.2, 0) is 11.2 Å². The van der Waals surface area contributed by atoms with Crippen LogP contribution in [-0.4, -0.2) is 24.5 Å². The highest BCUT2D eigenvalue weighted by molar-refractivity contribution is 5.81. The molecule has 0 heterocycles. The summed E-state index contributed by atoms with van der Waals surface area (Å²) in [6.07, 6.45) is 2.84. The van der Waals surface area contributed by atoms with Gasteiger partial charge in [-0.25, -0.2) is 4.39 Å². The van der Waals surface area contributed by atoms with Gasteiger partial charge in [0, 0.05) is 6.04 Å². The molecular weight excluding hydrogens is 267 g/mol. The Kier molecular flexibility index (Phi) is 7.37. The Hall–Kier alpha value is -1.42. The number of carbonyl (C=O) groups excluding carboxylic acids is 1. The molecule has 2 N–H and O–H groups in total. The van der Waals surface area contributed by atoms with Gasteiger partial charge in [0.2, 0.25) is 5.91 Å². The monoisotopic (exact) mass is 294 g/mol. The van der Waals surface area contributed by atoms with Gasteiger partial charge in [0.1, 0.15) is 5.82 Å². The molecule has 0 radical (unpaired) electrons. The summed E-state index contributed by atoms with van der Waals surface area (Å²) in [6, 6.07) is 4.82. The number of aryl methyl sites for hydroxylation is 1. The summed E-state index contributed by atoms with van der Waals surface area (Å²) in [7, 11) is 0. The fraction of sp³-hybridized carbons (Fsp3) is 0.588. The van der Waals surface area contributed by atoms with Crippen molar-refractivity contribution in [2.45, 2.75) is 59.0 Å². The molecule has 0 aromatic heterocycles. The van der Waals surface area contributed by atoms with Crippen LogP contribution in [0.1, 0.15) is 44.7 Å². The van der Waals surface area contributed by atoms with Crippen molar-refractivity contribution in [2.24, 2.45) is 0 Å². The van der Waals surface area contributed by atoms with E-state index in [1.54, 1.807) is 6.07 Å². The maximum absolute atomic E-state index is 13.0. The molecule has 0 spiro atoms. The fourth-order valence-corrected chi connectivity index (χ4v) is 2.33. The molecule has 1 rings (SSSR count). The van der Waals surface area contributed by atoms with Crippen LogP contribution in [0.4, 0.5) is 4.39 Å². The van der Waals surface area contributed by atoms with Crippen molar-refractivity contribution in [3.63, 3.8) is 0 Å². The highest BCUT2D eigenvalue weighted by atomic mass is 19.1. The molecule has 118 valence electrons. The van der Waals surface area contributed by atoms with E-state index in [0.717, 1.165) is 30.4 Å². The highest BCUT2D eigenvalue weighted by Gasteiger charge is 2.14.